The number of likely N-dealkylation sites (tertiary alicyclic amines) is 1. The first kappa shape index (κ1) is 56.0. The third-order valence-electron chi connectivity index (χ3n) is 15.9. The molecule has 82 heavy (non-hydrogen) atoms. The first-order valence-electron chi connectivity index (χ1n) is 27.2. The highest BCUT2D eigenvalue weighted by Crippen LogP contribution is 2.51. The van der Waals surface area contributed by atoms with Crippen molar-refractivity contribution in [2.45, 2.75) is 102 Å². The third-order valence-corrected chi connectivity index (χ3v) is 16.2. The van der Waals surface area contributed by atoms with Crippen LogP contribution in [-0.2, 0) is 27.1 Å². The van der Waals surface area contributed by atoms with Crippen molar-refractivity contribution in [2.24, 2.45) is 5.92 Å². The van der Waals surface area contributed by atoms with Crippen LogP contribution in [0.3, 0.4) is 0 Å². The number of aliphatic hydroxyl groups excluding tert-OH is 1. The highest BCUT2D eigenvalue weighted by molar-refractivity contribution is 6.32. The van der Waals surface area contributed by atoms with Crippen LogP contribution in [0.25, 0.3) is 44.5 Å². The normalized spacial score (nSPS) is 19.0. The van der Waals surface area contributed by atoms with Crippen molar-refractivity contribution >= 4 is 52.0 Å². The van der Waals surface area contributed by atoms with E-state index in [4.69, 9.17) is 46.9 Å². The first-order chi connectivity index (χ1) is 39.5. The molecule has 2 bridgehead atoms. The minimum absolute atomic E-state index is 0.00500. The quantitative estimate of drug-likeness (QED) is 0.0326. The van der Waals surface area contributed by atoms with Crippen molar-refractivity contribution in [3.63, 3.8) is 0 Å². The molecule has 0 saturated carbocycles. The predicted molar refractivity (Wildman–Crippen MR) is 298 cm³/mol. The standard InChI is InChI=1S/C58H60ClF4N13O6/c1-30(2)52(56(79)74-16-4-5-47(74)55(78)69-46(27-77)34-10-12-35(13-11-34)50-42(59)24-66-29-68-50)76-26-45(72-73-76)33-8-6-32(7-9-33)28-81-53-49(48-31(3)43(60)21-44(65)40(48)22-64)41(58(61,62)63)20-39-51(53)70-57(82-38-14-17-80-18-15-38)71-54(39)75-25-36-19-37(75)23-67-36/h6-13,20-22,24,26,29-30,36-38,46-47,52,64,67,77H,4-5,14-19,23,25,27-28,65H2,1-3H3,(H,69,78)/t36-,37-,46-,47-,52-/m0/s1. The van der Waals surface area contributed by atoms with Crippen molar-refractivity contribution in [3.8, 4) is 45.4 Å². The number of fused-ring (bicyclic) bond motifs is 3. The molecule has 4 aliphatic rings. The maximum Gasteiger partial charge on any atom is 0.417 e. The number of nitrogens with zero attached hydrogens (tertiary/aromatic N) is 9. The van der Waals surface area contributed by atoms with Crippen molar-refractivity contribution in [1.29, 1.82) is 5.41 Å². The second-order valence-electron chi connectivity index (χ2n) is 21.5. The number of alkyl halides is 3. The largest absolute Gasteiger partial charge is 0.486 e. The minimum Gasteiger partial charge on any atom is -0.486 e. The molecule has 4 saturated heterocycles. The molecule has 4 aromatic carbocycles. The number of hydrogen-bond donors (Lipinski definition) is 5. The van der Waals surface area contributed by atoms with E-state index in [1.54, 1.807) is 59.6 Å². The molecule has 0 unspecified atom stereocenters. The summed E-state index contributed by atoms with van der Waals surface area (Å²) in [5, 5.41) is 34.4. The molecule has 24 heteroatoms. The van der Waals surface area contributed by atoms with Crippen LogP contribution in [0.2, 0.25) is 5.02 Å². The van der Waals surface area contributed by atoms with Crippen LogP contribution >= 0.6 is 11.6 Å². The number of halogens is 5. The van der Waals surface area contributed by atoms with E-state index in [2.05, 4.69) is 30.9 Å². The fraction of sp³-hybridized carbons (Fsp3) is 0.397. The Hall–Kier alpha value is -7.86. The number of benzene rings is 4. The van der Waals surface area contributed by atoms with Gasteiger partial charge in [-0.3, -0.25) is 9.59 Å². The Morgan fingerprint density at radius 2 is 1.80 bits per heavy atom. The minimum atomic E-state index is -5.04. The number of aliphatic hydroxyl groups is 1. The first-order valence-corrected chi connectivity index (χ1v) is 27.6. The average molecular weight is 1150 g/mol. The Kier molecular flexibility index (Phi) is 15.8. The summed E-state index contributed by atoms with van der Waals surface area (Å²) in [5.74, 6) is -1.98. The number of aromatic nitrogens is 7. The predicted octanol–water partition coefficient (Wildman–Crippen LogP) is 8.44. The van der Waals surface area contributed by atoms with Crippen LogP contribution in [0.15, 0.2) is 79.4 Å². The zero-order valence-electron chi connectivity index (χ0n) is 45.1. The van der Waals surface area contributed by atoms with Gasteiger partial charge < -0.3 is 50.9 Å². The third kappa shape index (κ3) is 11.0. The zero-order valence-corrected chi connectivity index (χ0v) is 45.8. The second kappa shape index (κ2) is 23.2. The fourth-order valence-electron chi connectivity index (χ4n) is 11.7. The van der Waals surface area contributed by atoms with Gasteiger partial charge in [0.1, 0.15) is 54.0 Å². The Labute approximate surface area is 474 Å². The molecule has 6 N–H and O–H groups in total. The molecule has 0 radical (unpaired) electrons. The van der Waals surface area contributed by atoms with E-state index in [1.165, 1.54) is 24.1 Å². The molecule has 2 amide bonds. The van der Waals surface area contributed by atoms with E-state index >= 15 is 17.6 Å². The molecule has 3 aromatic heterocycles. The van der Waals surface area contributed by atoms with E-state index in [-0.39, 0.29) is 94.1 Å². The molecule has 7 aromatic rings. The Bertz CT molecular complexity index is 3550. The van der Waals surface area contributed by atoms with Crippen molar-refractivity contribution < 1.29 is 46.5 Å². The molecule has 5 atom stereocenters. The molecular formula is C58H60ClF4N13O6. The molecule has 4 aliphatic heterocycles. The van der Waals surface area contributed by atoms with Crippen LogP contribution in [0.5, 0.6) is 11.8 Å². The highest BCUT2D eigenvalue weighted by Gasteiger charge is 2.44. The van der Waals surface area contributed by atoms with Crippen LogP contribution in [0, 0.1) is 24.1 Å². The van der Waals surface area contributed by atoms with Gasteiger partial charge in [0, 0.05) is 95.9 Å². The number of carbonyl (C=O) groups is 2. The summed E-state index contributed by atoms with van der Waals surface area (Å²) in [4.78, 5) is 49.8. The fourth-order valence-corrected chi connectivity index (χ4v) is 11.9. The molecule has 11 rings (SSSR count). The number of ether oxygens (including phenoxy) is 3. The lowest BCUT2D eigenvalue weighted by molar-refractivity contribution is -0.142. The van der Waals surface area contributed by atoms with Crippen LogP contribution in [0.1, 0.15) is 85.9 Å². The average Bonchev–Trinajstić information content (AvgIpc) is 1.64. The van der Waals surface area contributed by atoms with Crippen LogP contribution in [-0.4, -0.2) is 127 Å². The summed E-state index contributed by atoms with van der Waals surface area (Å²) in [7, 11) is 0. The monoisotopic (exact) mass is 1150 g/mol. The lowest BCUT2D eigenvalue weighted by Crippen LogP contribution is -2.50. The number of piperazine rings is 1. The van der Waals surface area contributed by atoms with E-state index in [0.717, 1.165) is 30.3 Å². The number of amides is 2. The highest BCUT2D eigenvalue weighted by atomic mass is 35.5. The Morgan fingerprint density at radius 3 is 2.48 bits per heavy atom. The van der Waals surface area contributed by atoms with Crippen molar-refractivity contribution in [1.82, 2.24) is 50.5 Å². The van der Waals surface area contributed by atoms with Crippen molar-refractivity contribution in [2.75, 3.05) is 50.1 Å². The maximum absolute atomic E-state index is 15.9. The lowest BCUT2D eigenvalue weighted by atomic mass is 9.88. The number of carbonyl (C=O) groups excluding carboxylic acids is 2. The zero-order chi connectivity index (χ0) is 57.6. The Morgan fingerprint density at radius 1 is 1.05 bits per heavy atom. The topological polar surface area (TPSA) is 245 Å². The summed E-state index contributed by atoms with van der Waals surface area (Å²) >= 11 is 6.30. The van der Waals surface area contributed by atoms with Gasteiger partial charge in [0.15, 0.2) is 5.75 Å². The molecule has 428 valence electrons. The molecule has 7 heterocycles. The summed E-state index contributed by atoms with van der Waals surface area (Å²) in [5.41, 5.74) is 7.19. The van der Waals surface area contributed by atoms with Gasteiger partial charge >= 0.3 is 12.2 Å². The summed E-state index contributed by atoms with van der Waals surface area (Å²) in [6.45, 7) is 6.69. The van der Waals surface area contributed by atoms with Gasteiger partial charge in [0.2, 0.25) is 11.8 Å². The molecule has 4 fully saturated rings. The Balaban J connectivity index is 0.877. The number of nitrogen functional groups attached to an aromatic ring is 1. The molecule has 0 spiro atoms. The number of rotatable bonds is 17. The van der Waals surface area contributed by atoms with Gasteiger partial charge in [-0.2, -0.15) is 23.1 Å². The number of nitrogens with two attached hydrogens (primary N) is 1. The SMILES string of the molecule is Cc1c(F)cc(N)c(C=N)c1-c1c(C(F)(F)F)cc2c(N3C[C@@H]4C[C@H]3CN4)nc(OC3CCOCC3)nc2c1OCc1ccc(-c2cn([C@H](C(=O)N3CCC[C@H]3C(=O)N[C@@H](CO)c3ccc(-c4ncncc4Cl)cc3)C(C)C)nn2)cc1. The van der Waals surface area contributed by atoms with Gasteiger partial charge in [-0.15, -0.1) is 5.10 Å². The van der Waals surface area contributed by atoms with Gasteiger partial charge in [-0.1, -0.05) is 79.2 Å². The lowest BCUT2D eigenvalue weighted by Gasteiger charge is -2.31. The molecule has 19 nitrogen and oxygen atoms in total. The van der Waals surface area contributed by atoms with E-state index in [9.17, 15) is 14.7 Å². The summed E-state index contributed by atoms with van der Waals surface area (Å²) in [6.07, 6.45) is 2.81. The smallest absolute Gasteiger partial charge is 0.417 e. The van der Waals surface area contributed by atoms with Gasteiger partial charge in [-0.05, 0) is 60.9 Å². The van der Waals surface area contributed by atoms with Gasteiger partial charge in [0.05, 0.1) is 48.3 Å². The van der Waals surface area contributed by atoms with Gasteiger partial charge in [0.25, 0.3) is 0 Å². The van der Waals surface area contributed by atoms with E-state index in [0.29, 0.717) is 91.6 Å². The maximum atomic E-state index is 15.9. The summed E-state index contributed by atoms with van der Waals surface area (Å²) < 4.78 is 83.4. The number of nitrogens with one attached hydrogen (secondary N) is 3. The van der Waals surface area contributed by atoms with Gasteiger partial charge in [-0.25, -0.2) is 19.0 Å². The molecule has 0 aliphatic carbocycles. The van der Waals surface area contributed by atoms with E-state index < -0.39 is 47.2 Å². The van der Waals surface area contributed by atoms with E-state index in [1.807, 2.05) is 18.7 Å². The second-order valence-corrected chi connectivity index (χ2v) is 21.9. The summed E-state index contributed by atoms with van der Waals surface area (Å²) in [6, 6.07) is 13.5. The van der Waals surface area contributed by atoms with Crippen molar-refractivity contribution in [3.05, 3.63) is 118 Å². The molecular weight excluding hydrogens is 1090 g/mol. The number of hydrogen-bond acceptors (Lipinski definition) is 16. The number of anilines is 2. The van der Waals surface area contributed by atoms with Crippen LogP contribution < -0.4 is 30.7 Å². The van der Waals surface area contributed by atoms with Crippen LogP contribution in [0.4, 0.5) is 29.1 Å².